The van der Waals surface area contributed by atoms with Gasteiger partial charge in [-0.2, -0.15) is 0 Å². The molecule has 0 atom stereocenters. The van der Waals surface area contributed by atoms with Gasteiger partial charge in [-0.15, -0.1) is 0 Å². The molecule has 0 saturated heterocycles. The summed E-state index contributed by atoms with van der Waals surface area (Å²) in [6, 6.07) is 0. The van der Waals surface area contributed by atoms with Gasteiger partial charge in [0.15, 0.2) is 0 Å². The predicted molar refractivity (Wildman–Crippen MR) is 80.5 cm³/mol. The highest BCUT2D eigenvalue weighted by Gasteiger charge is 2.12. The minimum absolute atomic E-state index is 0.198. The van der Waals surface area contributed by atoms with Crippen molar-refractivity contribution in [3.63, 3.8) is 0 Å². The molecule has 0 bridgehead atoms. The number of allylic oxidation sites excluding steroid dienone is 1. The lowest BCUT2D eigenvalue weighted by Crippen LogP contribution is -2.06. The lowest BCUT2D eigenvalue weighted by atomic mass is 9.87. The van der Waals surface area contributed by atoms with Gasteiger partial charge in [0.05, 0.1) is 11.4 Å². The van der Waals surface area contributed by atoms with Crippen LogP contribution in [0.15, 0.2) is 18.0 Å². The van der Waals surface area contributed by atoms with Gasteiger partial charge in [-0.1, -0.05) is 53.0 Å². The minimum atomic E-state index is 0.198. The van der Waals surface area contributed by atoms with Gasteiger partial charge in [-0.05, 0) is 25.3 Å². The van der Waals surface area contributed by atoms with E-state index in [-0.39, 0.29) is 5.41 Å². The molecule has 2 nitrogen and oxygen atoms in total. The van der Waals surface area contributed by atoms with Crippen molar-refractivity contribution >= 4 is 6.08 Å². The number of rotatable bonds is 2. The van der Waals surface area contributed by atoms with E-state index in [1.54, 1.807) is 12.4 Å². The van der Waals surface area contributed by atoms with Crippen molar-refractivity contribution in [1.29, 1.82) is 0 Å². The SMILES string of the molecule is C/C(=C\c1nccnc1C)C(C)(C)C.CCCC. The van der Waals surface area contributed by atoms with Gasteiger partial charge in [0.1, 0.15) is 0 Å². The van der Waals surface area contributed by atoms with Crippen LogP contribution in [0.3, 0.4) is 0 Å². The average Bonchev–Trinajstić information content (AvgIpc) is 2.31. The summed E-state index contributed by atoms with van der Waals surface area (Å²) in [6.07, 6.45) is 8.20. The van der Waals surface area contributed by atoms with Crippen molar-refractivity contribution < 1.29 is 0 Å². The summed E-state index contributed by atoms with van der Waals surface area (Å²) in [5.41, 5.74) is 3.47. The Kier molecular flexibility index (Phi) is 7.49. The second kappa shape index (κ2) is 8.02. The Morgan fingerprint density at radius 2 is 1.61 bits per heavy atom. The molecule has 1 heterocycles. The molecule has 0 aromatic carbocycles. The summed E-state index contributed by atoms with van der Waals surface area (Å²) in [5.74, 6) is 0. The van der Waals surface area contributed by atoms with Crippen LogP contribution in [0.2, 0.25) is 0 Å². The topological polar surface area (TPSA) is 25.8 Å². The standard InChI is InChI=1S/C12H18N2.C4H10/c1-9(12(3,4)5)8-11-10(2)13-6-7-14-11;1-3-4-2/h6-8H,1-5H3;3-4H2,1-2H3/b9-8+;. The second-order valence-electron chi connectivity index (χ2n) is 5.60. The maximum absolute atomic E-state index is 4.29. The van der Waals surface area contributed by atoms with Crippen molar-refractivity contribution in [2.75, 3.05) is 0 Å². The molecule has 102 valence electrons. The van der Waals surface area contributed by atoms with Crippen molar-refractivity contribution in [2.24, 2.45) is 5.41 Å². The van der Waals surface area contributed by atoms with E-state index in [0.29, 0.717) is 0 Å². The largest absolute Gasteiger partial charge is 0.258 e. The van der Waals surface area contributed by atoms with Crippen LogP contribution in [-0.4, -0.2) is 9.97 Å². The molecule has 0 amide bonds. The first kappa shape index (κ1) is 16.8. The van der Waals surface area contributed by atoms with Gasteiger partial charge < -0.3 is 0 Å². The molecule has 2 heteroatoms. The van der Waals surface area contributed by atoms with E-state index >= 15 is 0 Å². The van der Waals surface area contributed by atoms with Gasteiger partial charge in [0, 0.05) is 12.4 Å². The highest BCUT2D eigenvalue weighted by molar-refractivity contribution is 5.51. The Hall–Kier alpha value is -1.18. The zero-order valence-corrected chi connectivity index (χ0v) is 13.0. The van der Waals surface area contributed by atoms with Crippen molar-refractivity contribution in [3.8, 4) is 0 Å². The molecule has 0 spiro atoms. The molecule has 1 aromatic heterocycles. The number of nitrogens with zero attached hydrogens (tertiary/aromatic N) is 2. The Balaban J connectivity index is 0.000000631. The molecule has 0 aliphatic heterocycles. The van der Waals surface area contributed by atoms with Crippen LogP contribution in [0.5, 0.6) is 0 Å². The molecule has 0 radical (unpaired) electrons. The van der Waals surface area contributed by atoms with Crippen molar-refractivity contribution in [1.82, 2.24) is 9.97 Å². The summed E-state index contributed by atoms with van der Waals surface area (Å²) in [7, 11) is 0. The molecular weight excluding hydrogens is 220 g/mol. The van der Waals surface area contributed by atoms with Crippen LogP contribution in [0.1, 0.15) is 65.8 Å². The summed E-state index contributed by atoms with van der Waals surface area (Å²) < 4.78 is 0. The smallest absolute Gasteiger partial charge is 0.0841 e. The molecule has 0 fully saturated rings. The normalized spacial score (nSPS) is 11.8. The molecule has 1 aromatic rings. The van der Waals surface area contributed by atoms with Crippen LogP contribution in [0, 0.1) is 12.3 Å². The Bertz CT molecular complexity index is 371. The Morgan fingerprint density at radius 3 is 2.00 bits per heavy atom. The first-order chi connectivity index (χ1) is 8.32. The summed E-state index contributed by atoms with van der Waals surface area (Å²) in [5, 5.41) is 0. The molecule has 0 N–H and O–H groups in total. The lowest BCUT2D eigenvalue weighted by Gasteiger charge is -2.19. The predicted octanol–water partition coefficient (Wildman–Crippen LogP) is 5.04. The van der Waals surface area contributed by atoms with Gasteiger partial charge in [0.25, 0.3) is 0 Å². The van der Waals surface area contributed by atoms with E-state index < -0.39 is 0 Å². The van der Waals surface area contributed by atoms with E-state index in [0.717, 1.165) is 11.4 Å². The molecule has 0 aliphatic rings. The summed E-state index contributed by atoms with van der Waals surface area (Å²) in [6.45, 7) is 15.1. The van der Waals surface area contributed by atoms with Crippen LogP contribution < -0.4 is 0 Å². The van der Waals surface area contributed by atoms with Gasteiger partial charge in [-0.3, -0.25) is 9.97 Å². The maximum atomic E-state index is 4.29. The van der Waals surface area contributed by atoms with E-state index in [1.807, 2.05) is 6.92 Å². The minimum Gasteiger partial charge on any atom is -0.258 e. The van der Waals surface area contributed by atoms with Gasteiger partial charge >= 0.3 is 0 Å². The average molecular weight is 248 g/mol. The van der Waals surface area contributed by atoms with Crippen molar-refractivity contribution in [3.05, 3.63) is 29.4 Å². The fourth-order valence-electron chi connectivity index (χ4n) is 0.982. The number of hydrogen-bond donors (Lipinski definition) is 0. The number of hydrogen-bond acceptors (Lipinski definition) is 2. The molecular formula is C16H28N2. The third-order valence-electron chi connectivity index (χ3n) is 2.96. The van der Waals surface area contributed by atoms with Crippen LogP contribution >= 0.6 is 0 Å². The zero-order valence-electron chi connectivity index (χ0n) is 13.0. The van der Waals surface area contributed by atoms with E-state index in [2.05, 4.69) is 57.6 Å². The number of unbranched alkanes of at least 4 members (excludes halogenated alkanes) is 1. The van der Waals surface area contributed by atoms with Crippen molar-refractivity contribution in [2.45, 2.75) is 61.3 Å². The van der Waals surface area contributed by atoms with Crippen LogP contribution in [-0.2, 0) is 0 Å². The number of aromatic nitrogens is 2. The van der Waals surface area contributed by atoms with Gasteiger partial charge in [0.2, 0.25) is 0 Å². The fraction of sp³-hybridized carbons (Fsp3) is 0.625. The molecule has 18 heavy (non-hydrogen) atoms. The van der Waals surface area contributed by atoms with E-state index in [9.17, 15) is 0 Å². The van der Waals surface area contributed by atoms with Crippen LogP contribution in [0.4, 0.5) is 0 Å². The fourth-order valence-corrected chi connectivity index (χ4v) is 0.982. The molecule has 0 saturated carbocycles. The third-order valence-corrected chi connectivity index (χ3v) is 2.96. The number of aryl methyl sites for hydroxylation is 1. The second-order valence-corrected chi connectivity index (χ2v) is 5.60. The summed E-state index contributed by atoms with van der Waals surface area (Å²) >= 11 is 0. The highest BCUT2D eigenvalue weighted by Crippen LogP contribution is 2.26. The quantitative estimate of drug-likeness (QED) is 0.732. The summed E-state index contributed by atoms with van der Waals surface area (Å²) in [4.78, 5) is 8.50. The Morgan fingerprint density at radius 1 is 1.11 bits per heavy atom. The maximum Gasteiger partial charge on any atom is 0.0841 e. The highest BCUT2D eigenvalue weighted by atomic mass is 14.8. The first-order valence-corrected chi connectivity index (χ1v) is 6.79. The lowest BCUT2D eigenvalue weighted by molar-refractivity contribution is 0.507. The Labute approximate surface area is 113 Å². The van der Waals surface area contributed by atoms with E-state index in [1.165, 1.54) is 18.4 Å². The van der Waals surface area contributed by atoms with Gasteiger partial charge in [-0.25, -0.2) is 0 Å². The van der Waals surface area contributed by atoms with E-state index in [4.69, 9.17) is 0 Å². The molecule has 1 rings (SSSR count). The zero-order chi connectivity index (χ0) is 14.2. The monoisotopic (exact) mass is 248 g/mol. The van der Waals surface area contributed by atoms with Crippen LogP contribution in [0.25, 0.3) is 6.08 Å². The molecule has 0 aliphatic carbocycles. The molecule has 0 unspecified atom stereocenters. The third kappa shape index (κ3) is 6.53. The first-order valence-electron chi connectivity index (χ1n) is 6.79.